The molecule has 1 rings (SSSR count). The van der Waals surface area contributed by atoms with Crippen LogP contribution in [-0.4, -0.2) is 38.1 Å². The fourth-order valence-corrected chi connectivity index (χ4v) is 1.82. The van der Waals surface area contributed by atoms with Crippen LogP contribution >= 0.6 is 15.9 Å². The van der Waals surface area contributed by atoms with Crippen molar-refractivity contribution in [3.05, 3.63) is 29.3 Å². The number of benzene rings is 1. The standard InChI is InChI=1S/C14H20BrNO3/c1-11-4-5-12(10-13(11)18-2)14(17)16-7-3-8-19-9-6-15/h4-5,10H,3,6-9H2,1-2H3,(H,16,17). The molecule has 106 valence electrons. The van der Waals surface area contributed by atoms with Crippen molar-refractivity contribution in [2.75, 3.05) is 32.2 Å². The van der Waals surface area contributed by atoms with E-state index in [4.69, 9.17) is 9.47 Å². The summed E-state index contributed by atoms with van der Waals surface area (Å²) in [6.07, 6.45) is 0.807. The first-order valence-corrected chi connectivity index (χ1v) is 7.37. The molecule has 0 fully saturated rings. The summed E-state index contributed by atoms with van der Waals surface area (Å²) in [5.41, 5.74) is 1.63. The van der Waals surface area contributed by atoms with Crippen LogP contribution in [0.1, 0.15) is 22.3 Å². The second kappa shape index (κ2) is 8.93. The molecule has 5 heteroatoms. The smallest absolute Gasteiger partial charge is 0.251 e. The second-order valence-corrected chi connectivity index (χ2v) is 4.89. The molecule has 0 radical (unpaired) electrons. The van der Waals surface area contributed by atoms with Crippen LogP contribution in [0.15, 0.2) is 18.2 Å². The number of hydrogen-bond acceptors (Lipinski definition) is 3. The zero-order chi connectivity index (χ0) is 14.1. The van der Waals surface area contributed by atoms with Gasteiger partial charge in [-0.3, -0.25) is 4.79 Å². The summed E-state index contributed by atoms with van der Waals surface area (Å²) in [7, 11) is 1.60. The van der Waals surface area contributed by atoms with Gasteiger partial charge in [0.25, 0.3) is 5.91 Å². The highest BCUT2D eigenvalue weighted by Crippen LogP contribution is 2.18. The lowest BCUT2D eigenvalue weighted by molar-refractivity contribution is 0.0944. The fraction of sp³-hybridized carbons (Fsp3) is 0.500. The molecule has 0 atom stereocenters. The highest BCUT2D eigenvalue weighted by atomic mass is 79.9. The van der Waals surface area contributed by atoms with Gasteiger partial charge in [0, 0.05) is 24.0 Å². The Kier molecular flexibility index (Phi) is 7.52. The molecule has 0 saturated heterocycles. The first-order valence-electron chi connectivity index (χ1n) is 6.25. The van der Waals surface area contributed by atoms with Crippen molar-refractivity contribution in [3.63, 3.8) is 0 Å². The Balaban J connectivity index is 2.37. The lowest BCUT2D eigenvalue weighted by atomic mass is 10.1. The SMILES string of the molecule is COc1cc(C(=O)NCCCOCCBr)ccc1C. The van der Waals surface area contributed by atoms with Gasteiger partial charge in [0.1, 0.15) is 5.75 Å². The third kappa shape index (κ3) is 5.61. The van der Waals surface area contributed by atoms with Gasteiger partial charge in [-0.15, -0.1) is 0 Å². The van der Waals surface area contributed by atoms with E-state index in [1.807, 2.05) is 13.0 Å². The molecule has 0 spiro atoms. The summed E-state index contributed by atoms with van der Waals surface area (Å²) in [6.45, 7) is 3.91. The van der Waals surface area contributed by atoms with Crippen molar-refractivity contribution in [2.45, 2.75) is 13.3 Å². The van der Waals surface area contributed by atoms with Crippen molar-refractivity contribution >= 4 is 21.8 Å². The summed E-state index contributed by atoms with van der Waals surface area (Å²) < 4.78 is 10.5. The van der Waals surface area contributed by atoms with Crippen molar-refractivity contribution in [2.24, 2.45) is 0 Å². The monoisotopic (exact) mass is 329 g/mol. The molecule has 0 unspecified atom stereocenters. The topological polar surface area (TPSA) is 47.6 Å². The van der Waals surface area contributed by atoms with Gasteiger partial charge in [-0.25, -0.2) is 0 Å². The molecule has 0 heterocycles. The van der Waals surface area contributed by atoms with E-state index in [-0.39, 0.29) is 5.91 Å². The quantitative estimate of drug-likeness (QED) is 0.589. The van der Waals surface area contributed by atoms with E-state index >= 15 is 0 Å². The number of methoxy groups -OCH3 is 1. The van der Waals surface area contributed by atoms with Gasteiger partial charge in [-0.05, 0) is 31.0 Å². The molecule has 0 aromatic heterocycles. The Morgan fingerprint density at radius 3 is 2.84 bits per heavy atom. The van der Waals surface area contributed by atoms with Crippen LogP contribution in [0.4, 0.5) is 0 Å². The molecular weight excluding hydrogens is 310 g/mol. The van der Waals surface area contributed by atoms with E-state index in [9.17, 15) is 4.79 Å². The number of carbonyl (C=O) groups is 1. The Morgan fingerprint density at radius 1 is 1.37 bits per heavy atom. The molecule has 1 amide bonds. The number of alkyl halides is 1. The van der Waals surface area contributed by atoms with E-state index in [2.05, 4.69) is 21.2 Å². The molecule has 0 aliphatic carbocycles. The molecule has 0 aliphatic heterocycles. The number of nitrogens with one attached hydrogen (secondary N) is 1. The van der Waals surface area contributed by atoms with Crippen LogP contribution in [0, 0.1) is 6.92 Å². The van der Waals surface area contributed by atoms with E-state index in [1.54, 1.807) is 19.2 Å². The Hall–Kier alpha value is -1.07. The van der Waals surface area contributed by atoms with Gasteiger partial charge < -0.3 is 14.8 Å². The zero-order valence-corrected chi connectivity index (χ0v) is 13.0. The summed E-state index contributed by atoms with van der Waals surface area (Å²) in [4.78, 5) is 11.9. The summed E-state index contributed by atoms with van der Waals surface area (Å²) >= 11 is 3.29. The molecule has 1 N–H and O–H groups in total. The van der Waals surface area contributed by atoms with Crippen molar-refractivity contribution in [3.8, 4) is 5.75 Å². The Bertz CT molecular complexity index is 410. The highest BCUT2D eigenvalue weighted by molar-refractivity contribution is 9.09. The molecular formula is C14H20BrNO3. The first kappa shape index (κ1) is 16.0. The maximum atomic E-state index is 11.9. The number of hydrogen-bond donors (Lipinski definition) is 1. The summed E-state index contributed by atoms with van der Waals surface area (Å²) in [5.74, 6) is 0.645. The first-order chi connectivity index (χ1) is 9.19. The van der Waals surface area contributed by atoms with E-state index in [1.165, 1.54) is 0 Å². The molecule has 0 bridgehead atoms. The highest BCUT2D eigenvalue weighted by Gasteiger charge is 2.07. The van der Waals surface area contributed by atoms with Gasteiger partial charge in [0.2, 0.25) is 0 Å². The van der Waals surface area contributed by atoms with Crippen molar-refractivity contribution in [1.82, 2.24) is 5.32 Å². The van der Waals surface area contributed by atoms with Crippen LogP contribution in [0.25, 0.3) is 0 Å². The average molecular weight is 330 g/mol. The van der Waals surface area contributed by atoms with Gasteiger partial charge in [-0.2, -0.15) is 0 Å². The van der Waals surface area contributed by atoms with Gasteiger partial charge in [0.15, 0.2) is 0 Å². The number of carbonyl (C=O) groups excluding carboxylic acids is 1. The second-order valence-electron chi connectivity index (χ2n) is 4.10. The molecule has 0 aliphatic rings. The maximum absolute atomic E-state index is 11.9. The van der Waals surface area contributed by atoms with Gasteiger partial charge in [0.05, 0.1) is 13.7 Å². The van der Waals surface area contributed by atoms with Crippen LogP contribution in [0.2, 0.25) is 0 Å². The van der Waals surface area contributed by atoms with Crippen LogP contribution in [-0.2, 0) is 4.74 Å². The Labute approximate surface area is 122 Å². The minimum Gasteiger partial charge on any atom is -0.496 e. The minimum absolute atomic E-state index is 0.0845. The number of aryl methyl sites for hydroxylation is 1. The largest absolute Gasteiger partial charge is 0.496 e. The van der Waals surface area contributed by atoms with Gasteiger partial charge in [-0.1, -0.05) is 22.0 Å². The summed E-state index contributed by atoms with van der Waals surface area (Å²) in [6, 6.07) is 5.44. The van der Waals surface area contributed by atoms with E-state index in [0.717, 1.165) is 23.1 Å². The Morgan fingerprint density at radius 2 is 2.16 bits per heavy atom. The number of ether oxygens (including phenoxy) is 2. The predicted octanol–water partition coefficient (Wildman–Crippen LogP) is 2.54. The van der Waals surface area contributed by atoms with Crippen LogP contribution in [0.5, 0.6) is 5.75 Å². The summed E-state index contributed by atoms with van der Waals surface area (Å²) in [5, 5.41) is 3.70. The number of halogens is 1. The predicted molar refractivity (Wildman–Crippen MR) is 79.3 cm³/mol. The normalized spacial score (nSPS) is 10.3. The minimum atomic E-state index is -0.0845. The molecule has 0 saturated carbocycles. The van der Waals surface area contributed by atoms with E-state index in [0.29, 0.717) is 25.3 Å². The van der Waals surface area contributed by atoms with Crippen molar-refractivity contribution in [1.29, 1.82) is 0 Å². The maximum Gasteiger partial charge on any atom is 0.251 e. The van der Waals surface area contributed by atoms with Crippen LogP contribution in [0.3, 0.4) is 0 Å². The number of amides is 1. The lowest BCUT2D eigenvalue weighted by Gasteiger charge is -2.08. The molecule has 1 aromatic rings. The third-order valence-corrected chi connectivity index (χ3v) is 2.97. The zero-order valence-electron chi connectivity index (χ0n) is 11.4. The molecule has 4 nitrogen and oxygen atoms in total. The molecule has 19 heavy (non-hydrogen) atoms. The van der Waals surface area contributed by atoms with Crippen molar-refractivity contribution < 1.29 is 14.3 Å². The third-order valence-electron chi connectivity index (χ3n) is 2.64. The number of rotatable bonds is 8. The lowest BCUT2D eigenvalue weighted by Crippen LogP contribution is -2.25. The fourth-order valence-electron chi connectivity index (χ4n) is 1.60. The van der Waals surface area contributed by atoms with E-state index < -0.39 is 0 Å². The van der Waals surface area contributed by atoms with Gasteiger partial charge >= 0.3 is 0 Å². The molecule has 1 aromatic carbocycles. The van der Waals surface area contributed by atoms with Crippen LogP contribution < -0.4 is 10.1 Å². The average Bonchev–Trinajstić information content (AvgIpc) is 2.43.